The van der Waals surface area contributed by atoms with Gasteiger partial charge in [0.05, 0.1) is 13.0 Å². The van der Waals surface area contributed by atoms with Crippen molar-refractivity contribution in [3.8, 4) is 5.75 Å². The van der Waals surface area contributed by atoms with E-state index in [0.717, 1.165) is 12.0 Å². The molecule has 0 aromatic heterocycles. The first-order chi connectivity index (χ1) is 10.6. The average Bonchev–Trinajstić information content (AvgIpc) is 2.49. The third-order valence-corrected chi connectivity index (χ3v) is 3.03. The van der Waals surface area contributed by atoms with Gasteiger partial charge in [-0.15, -0.1) is 6.58 Å². The fraction of sp³-hybridized carbons (Fsp3) is 0.412. The summed E-state index contributed by atoms with van der Waals surface area (Å²) in [4.78, 5) is 23.1. The Bertz CT molecular complexity index is 513. The Labute approximate surface area is 131 Å². The van der Waals surface area contributed by atoms with E-state index in [0.29, 0.717) is 25.2 Å². The van der Waals surface area contributed by atoms with Crippen LogP contribution in [0.4, 0.5) is 0 Å². The van der Waals surface area contributed by atoms with Gasteiger partial charge in [0.2, 0.25) is 5.91 Å². The minimum absolute atomic E-state index is 0.126. The summed E-state index contributed by atoms with van der Waals surface area (Å²) in [5.41, 5.74) is 0.791. The van der Waals surface area contributed by atoms with Gasteiger partial charge in [-0.2, -0.15) is 0 Å². The summed E-state index contributed by atoms with van der Waals surface area (Å²) in [6, 6.07) is 6.39. The maximum absolute atomic E-state index is 12.0. The normalized spacial score (nSPS) is 11.5. The van der Waals surface area contributed by atoms with Gasteiger partial charge < -0.3 is 15.2 Å². The van der Waals surface area contributed by atoms with Crippen LogP contribution < -0.4 is 10.1 Å². The largest absolute Gasteiger partial charge is 0.494 e. The highest BCUT2D eigenvalue weighted by atomic mass is 16.5. The van der Waals surface area contributed by atoms with Crippen molar-refractivity contribution in [1.29, 1.82) is 0 Å². The quantitative estimate of drug-likeness (QED) is 0.651. The zero-order valence-corrected chi connectivity index (χ0v) is 12.9. The maximum atomic E-state index is 12.0. The number of benzene rings is 1. The lowest BCUT2D eigenvalue weighted by atomic mass is 10.1. The molecule has 0 aliphatic carbocycles. The van der Waals surface area contributed by atoms with Gasteiger partial charge in [-0.3, -0.25) is 4.79 Å². The van der Waals surface area contributed by atoms with Crippen molar-refractivity contribution in [2.45, 2.75) is 38.6 Å². The lowest BCUT2D eigenvalue weighted by Crippen LogP contribution is -2.41. The van der Waals surface area contributed by atoms with Crippen LogP contribution in [0, 0.1) is 0 Å². The van der Waals surface area contributed by atoms with Crippen LogP contribution in [0.2, 0.25) is 0 Å². The molecule has 1 aromatic carbocycles. The molecule has 1 atom stereocenters. The highest BCUT2D eigenvalue weighted by molar-refractivity contribution is 5.84. The van der Waals surface area contributed by atoms with Gasteiger partial charge in [-0.05, 0) is 37.0 Å². The molecule has 0 radical (unpaired) electrons. The SMILES string of the molecule is C=CCCC(NC(=O)Cc1cccc(OCCC)c1)C(=O)O. The number of ether oxygens (including phenoxy) is 1. The molecule has 1 unspecified atom stereocenters. The van der Waals surface area contributed by atoms with E-state index < -0.39 is 12.0 Å². The number of rotatable bonds is 10. The Hall–Kier alpha value is -2.30. The monoisotopic (exact) mass is 305 g/mol. The molecule has 0 spiro atoms. The van der Waals surface area contributed by atoms with Crippen molar-refractivity contribution in [3.63, 3.8) is 0 Å². The maximum Gasteiger partial charge on any atom is 0.326 e. The summed E-state index contributed by atoms with van der Waals surface area (Å²) in [6.45, 7) is 6.20. The summed E-state index contributed by atoms with van der Waals surface area (Å²) in [5.74, 6) is -0.632. The second-order valence-corrected chi connectivity index (χ2v) is 5.00. The molecule has 1 rings (SSSR count). The molecule has 2 N–H and O–H groups in total. The van der Waals surface area contributed by atoms with Crippen LogP contribution in [-0.4, -0.2) is 29.6 Å². The Balaban J connectivity index is 2.59. The lowest BCUT2D eigenvalue weighted by Gasteiger charge is -2.14. The summed E-state index contributed by atoms with van der Waals surface area (Å²) >= 11 is 0. The molecule has 0 heterocycles. The molecule has 0 saturated carbocycles. The van der Waals surface area contributed by atoms with Gasteiger partial charge in [-0.1, -0.05) is 25.1 Å². The number of amides is 1. The molecule has 0 bridgehead atoms. The van der Waals surface area contributed by atoms with Gasteiger partial charge in [0.1, 0.15) is 11.8 Å². The highest BCUT2D eigenvalue weighted by Gasteiger charge is 2.19. The standard InChI is InChI=1S/C17H23NO4/c1-3-5-9-15(17(20)21)18-16(19)12-13-7-6-8-14(11-13)22-10-4-2/h3,6-8,11,15H,1,4-5,9-10,12H2,2H3,(H,18,19)(H,20,21). The van der Waals surface area contributed by atoms with E-state index in [2.05, 4.69) is 11.9 Å². The number of hydrogen-bond acceptors (Lipinski definition) is 3. The molecule has 120 valence electrons. The van der Waals surface area contributed by atoms with Crippen molar-refractivity contribution in [3.05, 3.63) is 42.5 Å². The van der Waals surface area contributed by atoms with Crippen LogP contribution in [0.25, 0.3) is 0 Å². The van der Waals surface area contributed by atoms with Gasteiger partial charge in [0.25, 0.3) is 0 Å². The molecule has 0 aliphatic heterocycles. The Morgan fingerprint density at radius 1 is 1.45 bits per heavy atom. The van der Waals surface area contributed by atoms with Crippen LogP contribution in [0.3, 0.4) is 0 Å². The Morgan fingerprint density at radius 3 is 2.86 bits per heavy atom. The number of nitrogens with one attached hydrogen (secondary N) is 1. The number of allylic oxidation sites excluding steroid dienone is 1. The molecular weight excluding hydrogens is 282 g/mol. The molecule has 1 amide bonds. The lowest BCUT2D eigenvalue weighted by molar-refractivity contribution is -0.141. The fourth-order valence-electron chi connectivity index (χ4n) is 1.94. The number of carboxylic acid groups (broad SMARTS) is 1. The van der Waals surface area contributed by atoms with Gasteiger partial charge in [0, 0.05) is 0 Å². The molecule has 1 aromatic rings. The molecule has 0 aliphatic rings. The van der Waals surface area contributed by atoms with E-state index in [1.54, 1.807) is 12.1 Å². The zero-order chi connectivity index (χ0) is 16.4. The summed E-state index contributed by atoms with van der Waals surface area (Å²) < 4.78 is 5.51. The predicted molar refractivity (Wildman–Crippen MR) is 84.9 cm³/mol. The van der Waals surface area contributed by atoms with Crippen LogP contribution >= 0.6 is 0 Å². The molecule has 5 nitrogen and oxygen atoms in total. The summed E-state index contributed by atoms with van der Waals surface area (Å²) in [5, 5.41) is 11.6. The van der Waals surface area contributed by atoms with E-state index in [4.69, 9.17) is 9.84 Å². The molecule has 5 heteroatoms. The first kappa shape index (κ1) is 17.8. The topological polar surface area (TPSA) is 75.6 Å². The van der Waals surface area contributed by atoms with Crippen molar-refractivity contribution < 1.29 is 19.4 Å². The first-order valence-electron chi connectivity index (χ1n) is 7.41. The van der Waals surface area contributed by atoms with Crippen molar-refractivity contribution in [2.75, 3.05) is 6.61 Å². The van der Waals surface area contributed by atoms with Crippen molar-refractivity contribution in [2.24, 2.45) is 0 Å². The zero-order valence-electron chi connectivity index (χ0n) is 12.9. The van der Waals surface area contributed by atoms with Gasteiger partial charge in [0.15, 0.2) is 0 Å². The Kier molecular flexibility index (Phi) is 7.75. The highest BCUT2D eigenvalue weighted by Crippen LogP contribution is 2.14. The summed E-state index contributed by atoms with van der Waals surface area (Å²) in [7, 11) is 0. The third-order valence-electron chi connectivity index (χ3n) is 3.03. The summed E-state index contributed by atoms with van der Waals surface area (Å²) in [6.07, 6.45) is 3.55. The average molecular weight is 305 g/mol. The molecule has 0 saturated heterocycles. The number of aliphatic carboxylic acids is 1. The number of carboxylic acids is 1. The smallest absolute Gasteiger partial charge is 0.326 e. The number of hydrogen-bond donors (Lipinski definition) is 2. The van der Waals surface area contributed by atoms with E-state index in [1.807, 2.05) is 25.1 Å². The Morgan fingerprint density at radius 2 is 2.23 bits per heavy atom. The minimum Gasteiger partial charge on any atom is -0.494 e. The van der Waals surface area contributed by atoms with Crippen molar-refractivity contribution >= 4 is 11.9 Å². The molecule has 22 heavy (non-hydrogen) atoms. The first-order valence-corrected chi connectivity index (χ1v) is 7.41. The second-order valence-electron chi connectivity index (χ2n) is 5.00. The van der Waals surface area contributed by atoms with Crippen LogP contribution in [0.15, 0.2) is 36.9 Å². The van der Waals surface area contributed by atoms with E-state index in [1.165, 1.54) is 0 Å². The molecule has 0 fully saturated rings. The fourth-order valence-corrected chi connectivity index (χ4v) is 1.94. The molecular formula is C17H23NO4. The van der Waals surface area contributed by atoms with Crippen LogP contribution in [-0.2, 0) is 16.0 Å². The van der Waals surface area contributed by atoms with E-state index in [9.17, 15) is 9.59 Å². The minimum atomic E-state index is -1.03. The van der Waals surface area contributed by atoms with Crippen LogP contribution in [0.1, 0.15) is 31.7 Å². The number of carbonyl (C=O) groups is 2. The number of carbonyl (C=O) groups excluding carboxylic acids is 1. The third kappa shape index (κ3) is 6.43. The van der Waals surface area contributed by atoms with Crippen molar-refractivity contribution in [1.82, 2.24) is 5.32 Å². The second kappa shape index (κ2) is 9.60. The van der Waals surface area contributed by atoms with E-state index in [-0.39, 0.29) is 12.3 Å². The van der Waals surface area contributed by atoms with Crippen LogP contribution in [0.5, 0.6) is 5.75 Å². The van der Waals surface area contributed by atoms with E-state index >= 15 is 0 Å². The van der Waals surface area contributed by atoms with Gasteiger partial charge >= 0.3 is 5.97 Å². The predicted octanol–water partition coefficient (Wildman–Crippen LogP) is 2.55. The van der Waals surface area contributed by atoms with Gasteiger partial charge in [-0.25, -0.2) is 4.79 Å².